The van der Waals surface area contributed by atoms with Crippen LogP contribution in [-0.4, -0.2) is 48.5 Å². The zero-order chi connectivity index (χ0) is 15.8. The second kappa shape index (κ2) is 8.00. The summed E-state index contributed by atoms with van der Waals surface area (Å²) in [6.07, 6.45) is 0. The zero-order valence-corrected chi connectivity index (χ0v) is 12.1. The van der Waals surface area contributed by atoms with E-state index < -0.39 is 11.8 Å². The molecule has 0 aliphatic rings. The fourth-order valence-corrected chi connectivity index (χ4v) is 1.70. The number of hydrogen-bond acceptors (Lipinski definition) is 7. The molecule has 5 N–H and O–H groups in total. The maximum Gasteiger partial charge on any atom is 0.237 e. The van der Waals surface area contributed by atoms with E-state index in [9.17, 15) is 9.59 Å². The molecule has 0 spiro atoms. The van der Waals surface area contributed by atoms with Crippen LogP contribution in [0, 0.1) is 0 Å². The summed E-state index contributed by atoms with van der Waals surface area (Å²) in [7, 11) is 1.52. The number of primary amides is 2. The Morgan fingerprint density at radius 1 is 1.29 bits per heavy atom. The molecule has 1 aromatic heterocycles. The van der Waals surface area contributed by atoms with Gasteiger partial charge in [-0.25, -0.2) is 9.97 Å². The quantitative estimate of drug-likeness (QED) is 0.522. The number of aromatic nitrogens is 2. The predicted octanol–water partition coefficient (Wildman–Crippen LogP) is -1.17. The molecule has 0 saturated heterocycles. The van der Waals surface area contributed by atoms with Crippen molar-refractivity contribution in [2.75, 3.05) is 37.0 Å². The molecule has 1 heterocycles. The first-order valence-corrected chi connectivity index (χ1v) is 6.38. The number of nitrogens with one attached hydrogen (secondary N) is 1. The van der Waals surface area contributed by atoms with Crippen LogP contribution in [0.3, 0.4) is 0 Å². The van der Waals surface area contributed by atoms with E-state index >= 15 is 0 Å². The lowest BCUT2D eigenvalue weighted by Crippen LogP contribution is -2.40. The van der Waals surface area contributed by atoms with E-state index in [1.165, 1.54) is 12.0 Å². The average Bonchev–Trinajstić information content (AvgIpc) is 2.37. The largest absolute Gasteiger partial charge is 0.377 e. The summed E-state index contributed by atoms with van der Waals surface area (Å²) in [5.41, 5.74) is 10.4. The van der Waals surface area contributed by atoms with Gasteiger partial charge in [-0.15, -0.1) is 0 Å². The van der Waals surface area contributed by atoms with Crippen LogP contribution in [0.15, 0.2) is 6.07 Å². The minimum absolute atomic E-state index is 0.169. The standard InChI is InChI=1S/C12H20N6O3/c1-3-15-10-4-12(17-11(16-10)7-21-2)18(5-8(13)19)6-9(14)20/h4H,3,5-7H2,1-2H3,(H2,13,19)(H2,14,20)(H,15,16,17). The van der Waals surface area contributed by atoms with Crippen LogP contribution in [0.5, 0.6) is 0 Å². The van der Waals surface area contributed by atoms with Gasteiger partial charge in [-0.05, 0) is 6.92 Å². The first kappa shape index (κ1) is 16.6. The molecule has 0 fully saturated rings. The summed E-state index contributed by atoms with van der Waals surface area (Å²) in [5, 5.41) is 3.04. The van der Waals surface area contributed by atoms with E-state index in [1.54, 1.807) is 6.07 Å². The smallest absolute Gasteiger partial charge is 0.237 e. The monoisotopic (exact) mass is 296 g/mol. The number of amides is 2. The second-order valence-corrected chi connectivity index (χ2v) is 4.28. The molecule has 116 valence electrons. The van der Waals surface area contributed by atoms with E-state index in [-0.39, 0.29) is 19.7 Å². The molecule has 9 nitrogen and oxygen atoms in total. The SMILES string of the molecule is CCNc1cc(N(CC(N)=O)CC(N)=O)nc(COC)n1. The zero-order valence-electron chi connectivity index (χ0n) is 12.1. The number of methoxy groups -OCH3 is 1. The van der Waals surface area contributed by atoms with Gasteiger partial charge >= 0.3 is 0 Å². The second-order valence-electron chi connectivity index (χ2n) is 4.28. The number of nitrogens with zero attached hydrogens (tertiary/aromatic N) is 3. The first-order chi connectivity index (χ1) is 9.96. The number of nitrogens with two attached hydrogens (primary N) is 2. The first-order valence-electron chi connectivity index (χ1n) is 6.38. The lowest BCUT2D eigenvalue weighted by atomic mass is 10.4. The normalized spacial score (nSPS) is 10.2. The molecule has 0 bridgehead atoms. The van der Waals surface area contributed by atoms with Gasteiger partial charge in [-0.2, -0.15) is 0 Å². The van der Waals surface area contributed by atoms with E-state index in [2.05, 4.69) is 15.3 Å². The topological polar surface area (TPSA) is 136 Å². The summed E-state index contributed by atoms with van der Waals surface area (Å²) in [5.74, 6) is 0.185. The Labute approximate surface area is 122 Å². The highest BCUT2D eigenvalue weighted by atomic mass is 16.5. The van der Waals surface area contributed by atoms with Crippen LogP contribution in [0.25, 0.3) is 0 Å². The van der Waals surface area contributed by atoms with Gasteiger partial charge in [0.05, 0.1) is 13.1 Å². The molecule has 1 rings (SSSR count). The maximum atomic E-state index is 11.1. The molecule has 1 aromatic rings. The highest BCUT2D eigenvalue weighted by Gasteiger charge is 2.16. The molecule has 0 aliphatic heterocycles. The summed E-state index contributed by atoms with van der Waals surface area (Å²) in [4.78, 5) is 32.1. The summed E-state index contributed by atoms with van der Waals surface area (Å²) in [6, 6.07) is 1.62. The van der Waals surface area contributed by atoms with Gasteiger partial charge in [0, 0.05) is 19.7 Å². The summed E-state index contributed by atoms with van der Waals surface area (Å²) >= 11 is 0. The summed E-state index contributed by atoms with van der Waals surface area (Å²) < 4.78 is 5.00. The van der Waals surface area contributed by atoms with Gasteiger partial charge in [0.2, 0.25) is 11.8 Å². The van der Waals surface area contributed by atoms with Crippen molar-refractivity contribution >= 4 is 23.5 Å². The number of carbonyl (C=O) groups excluding carboxylic acids is 2. The van der Waals surface area contributed by atoms with Gasteiger partial charge in [0.15, 0.2) is 5.82 Å². The van der Waals surface area contributed by atoms with Gasteiger partial charge in [-0.1, -0.05) is 0 Å². The highest BCUT2D eigenvalue weighted by molar-refractivity contribution is 5.84. The van der Waals surface area contributed by atoms with Crippen molar-refractivity contribution in [2.24, 2.45) is 11.5 Å². The third-order valence-corrected chi connectivity index (χ3v) is 2.41. The Kier molecular flexibility index (Phi) is 6.34. The van der Waals surface area contributed by atoms with Crippen molar-refractivity contribution in [3.05, 3.63) is 11.9 Å². The number of carbonyl (C=O) groups is 2. The molecule has 0 aliphatic carbocycles. The Balaban J connectivity index is 3.13. The van der Waals surface area contributed by atoms with Crippen LogP contribution in [0.4, 0.5) is 11.6 Å². The van der Waals surface area contributed by atoms with Gasteiger partial charge < -0.3 is 26.4 Å². The predicted molar refractivity (Wildman–Crippen MR) is 77.5 cm³/mol. The highest BCUT2D eigenvalue weighted by Crippen LogP contribution is 2.16. The van der Waals surface area contributed by atoms with Crippen LogP contribution >= 0.6 is 0 Å². The van der Waals surface area contributed by atoms with Crippen molar-refractivity contribution in [3.8, 4) is 0 Å². The maximum absolute atomic E-state index is 11.1. The Bertz CT molecular complexity index is 468. The molecule has 0 radical (unpaired) electrons. The average molecular weight is 296 g/mol. The number of anilines is 2. The van der Waals surface area contributed by atoms with Crippen molar-refractivity contribution < 1.29 is 14.3 Å². The van der Waals surface area contributed by atoms with Crippen molar-refractivity contribution in [1.29, 1.82) is 0 Å². The van der Waals surface area contributed by atoms with Gasteiger partial charge in [0.25, 0.3) is 0 Å². The molecular formula is C12H20N6O3. The van der Waals surface area contributed by atoms with Gasteiger partial charge in [0.1, 0.15) is 18.2 Å². The van der Waals surface area contributed by atoms with Crippen LogP contribution < -0.4 is 21.7 Å². The Morgan fingerprint density at radius 3 is 2.38 bits per heavy atom. The molecule has 0 aromatic carbocycles. The molecule has 0 atom stereocenters. The molecule has 0 unspecified atom stereocenters. The number of hydrogen-bond donors (Lipinski definition) is 3. The third kappa shape index (κ3) is 5.61. The molecular weight excluding hydrogens is 276 g/mol. The lowest BCUT2D eigenvalue weighted by molar-refractivity contribution is -0.117. The third-order valence-electron chi connectivity index (χ3n) is 2.41. The fourth-order valence-electron chi connectivity index (χ4n) is 1.70. The number of ether oxygens (including phenoxy) is 1. The Morgan fingerprint density at radius 2 is 1.90 bits per heavy atom. The molecule has 0 saturated carbocycles. The van der Waals surface area contributed by atoms with E-state index in [0.717, 1.165) is 0 Å². The van der Waals surface area contributed by atoms with E-state index in [4.69, 9.17) is 16.2 Å². The Hall–Kier alpha value is -2.42. The minimum atomic E-state index is -0.590. The number of rotatable bonds is 9. The van der Waals surface area contributed by atoms with Crippen molar-refractivity contribution in [3.63, 3.8) is 0 Å². The molecule has 9 heteroatoms. The van der Waals surface area contributed by atoms with Crippen LogP contribution in [-0.2, 0) is 20.9 Å². The van der Waals surface area contributed by atoms with E-state index in [1.807, 2.05) is 6.92 Å². The fraction of sp³-hybridized carbons (Fsp3) is 0.500. The van der Waals surface area contributed by atoms with Crippen molar-refractivity contribution in [1.82, 2.24) is 9.97 Å². The van der Waals surface area contributed by atoms with Crippen molar-refractivity contribution in [2.45, 2.75) is 13.5 Å². The molecule has 2 amide bonds. The summed E-state index contributed by atoms with van der Waals surface area (Å²) in [6.45, 7) is 2.44. The molecule has 21 heavy (non-hydrogen) atoms. The van der Waals surface area contributed by atoms with Crippen LogP contribution in [0.2, 0.25) is 0 Å². The van der Waals surface area contributed by atoms with E-state index in [0.29, 0.717) is 24.0 Å². The van der Waals surface area contributed by atoms with Gasteiger partial charge in [-0.3, -0.25) is 9.59 Å². The minimum Gasteiger partial charge on any atom is -0.377 e. The van der Waals surface area contributed by atoms with Crippen LogP contribution in [0.1, 0.15) is 12.7 Å². The lowest BCUT2D eigenvalue weighted by Gasteiger charge is -2.21.